The van der Waals surface area contributed by atoms with Gasteiger partial charge in [0.15, 0.2) is 0 Å². The monoisotopic (exact) mass is 310 g/mol. The van der Waals surface area contributed by atoms with Crippen molar-refractivity contribution >= 4 is 33.8 Å². The molecule has 4 heteroatoms. The smallest absolute Gasteiger partial charge is 0.220 e. The van der Waals surface area contributed by atoms with Crippen LogP contribution in [0.2, 0.25) is 0 Å². The van der Waals surface area contributed by atoms with Crippen LogP contribution in [0.1, 0.15) is 41.5 Å². The molecule has 0 aromatic rings. The molecule has 0 saturated heterocycles. The number of carbonyl (C=O) groups is 2. The maximum Gasteiger partial charge on any atom is 0.220 e. The second kappa shape index (κ2) is 5.06. The van der Waals surface area contributed by atoms with Gasteiger partial charge in [-0.3, -0.25) is 9.59 Å². The SMILES string of the molecule is CC(C)(C)[C@@H]1C=C(C2=C[C@@H](C(C)(C)C)SC2=O)C(=O)S1. The molecular weight excluding hydrogens is 288 g/mol. The van der Waals surface area contributed by atoms with Crippen LogP contribution in [0.15, 0.2) is 23.3 Å². The van der Waals surface area contributed by atoms with E-state index in [4.69, 9.17) is 0 Å². The Morgan fingerprint density at radius 2 is 1.05 bits per heavy atom. The maximum absolute atomic E-state index is 12.2. The fraction of sp³-hybridized carbons (Fsp3) is 0.625. The Bertz CT molecular complexity index is 468. The number of hydrogen-bond acceptors (Lipinski definition) is 4. The fourth-order valence-electron chi connectivity index (χ4n) is 2.12. The van der Waals surface area contributed by atoms with Gasteiger partial charge in [0.1, 0.15) is 0 Å². The summed E-state index contributed by atoms with van der Waals surface area (Å²) < 4.78 is 0. The van der Waals surface area contributed by atoms with Gasteiger partial charge in [-0.05, 0) is 10.8 Å². The maximum atomic E-state index is 12.2. The highest BCUT2D eigenvalue weighted by Gasteiger charge is 2.40. The van der Waals surface area contributed by atoms with E-state index in [1.807, 2.05) is 12.2 Å². The summed E-state index contributed by atoms with van der Waals surface area (Å²) in [7, 11) is 0. The molecule has 0 aromatic carbocycles. The summed E-state index contributed by atoms with van der Waals surface area (Å²) in [5.41, 5.74) is 1.31. The number of thioether (sulfide) groups is 2. The highest BCUT2D eigenvalue weighted by molar-refractivity contribution is 8.16. The first-order valence-corrected chi connectivity index (χ1v) is 8.62. The van der Waals surface area contributed by atoms with Crippen LogP contribution in [0.3, 0.4) is 0 Å². The largest absolute Gasteiger partial charge is 0.282 e. The summed E-state index contributed by atoms with van der Waals surface area (Å²) in [6, 6.07) is 0. The van der Waals surface area contributed by atoms with Crippen molar-refractivity contribution in [3.63, 3.8) is 0 Å². The van der Waals surface area contributed by atoms with E-state index in [-0.39, 0.29) is 31.6 Å². The van der Waals surface area contributed by atoms with Crippen LogP contribution in [-0.2, 0) is 9.59 Å². The van der Waals surface area contributed by atoms with Gasteiger partial charge in [-0.25, -0.2) is 0 Å². The van der Waals surface area contributed by atoms with Gasteiger partial charge in [0, 0.05) is 21.6 Å². The molecule has 0 bridgehead atoms. The molecule has 0 aliphatic carbocycles. The Morgan fingerprint density at radius 1 is 0.750 bits per heavy atom. The highest BCUT2D eigenvalue weighted by atomic mass is 32.2. The summed E-state index contributed by atoms with van der Waals surface area (Å²) in [5.74, 6) is 0. The minimum atomic E-state index is 0.0286. The fourth-order valence-corrected chi connectivity index (χ4v) is 4.30. The molecule has 0 unspecified atom stereocenters. The quantitative estimate of drug-likeness (QED) is 0.726. The predicted molar refractivity (Wildman–Crippen MR) is 87.8 cm³/mol. The Hall–Kier alpha value is -0.480. The predicted octanol–water partition coefficient (Wildman–Crippen LogP) is 4.22. The van der Waals surface area contributed by atoms with Crippen molar-refractivity contribution in [2.24, 2.45) is 10.8 Å². The minimum Gasteiger partial charge on any atom is -0.282 e. The first-order valence-electron chi connectivity index (χ1n) is 6.86. The van der Waals surface area contributed by atoms with E-state index >= 15 is 0 Å². The van der Waals surface area contributed by atoms with Crippen molar-refractivity contribution in [3.05, 3.63) is 23.3 Å². The van der Waals surface area contributed by atoms with Crippen LogP contribution < -0.4 is 0 Å². The molecular formula is C16H22O2S2. The van der Waals surface area contributed by atoms with Crippen LogP contribution in [-0.4, -0.2) is 20.7 Å². The van der Waals surface area contributed by atoms with E-state index in [9.17, 15) is 9.59 Å². The van der Waals surface area contributed by atoms with Gasteiger partial charge < -0.3 is 0 Å². The first kappa shape index (κ1) is 15.9. The molecule has 2 nitrogen and oxygen atoms in total. The van der Waals surface area contributed by atoms with Crippen LogP contribution in [0.25, 0.3) is 0 Å². The lowest BCUT2D eigenvalue weighted by atomic mass is 9.88. The molecule has 2 heterocycles. The zero-order valence-electron chi connectivity index (χ0n) is 12.9. The molecule has 0 aromatic heterocycles. The zero-order chi connectivity index (χ0) is 15.3. The van der Waals surface area contributed by atoms with Crippen molar-refractivity contribution in [1.82, 2.24) is 0 Å². The van der Waals surface area contributed by atoms with Crippen molar-refractivity contribution in [3.8, 4) is 0 Å². The topological polar surface area (TPSA) is 34.1 Å². The van der Waals surface area contributed by atoms with E-state index in [0.717, 1.165) is 0 Å². The Labute approximate surface area is 129 Å². The van der Waals surface area contributed by atoms with Gasteiger partial charge in [-0.15, -0.1) is 0 Å². The number of rotatable bonds is 1. The normalized spacial score (nSPS) is 27.9. The van der Waals surface area contributed by atoms with Crippen LogP contribution >= 0.6 is 23.5 Å². The van der Waals surface area contributed by atoms with E-state index in [2.05, 4.69) is 41.5 Å². The van der Waals surface area contributed by atoms with Crippen molar-refractivity contribution < 1.29 is 9.59 Å². The van der Waals surface area contributed by atoms with Crippen LogP contribution in [0.4, 0.5) is 0 Å². The van der Waals surface area contributed by atoms with Crippen molar-refractivity contribution in [1.29, 1.82) is 0 Å². The van der Waals surface area contributed by atoms with Crippen LogP contribution in [0.5, 0.6) is 0 Å². The lowest BCUT2D eigenvalue weighted by Crippen LogP contribution is -2.19. The molecule has 2 rings (SSSR count). The lowest BCUT2D eigenvalue weighted by molar-refractivity contribution is -0.110. The second-order valence-electron chi connectivity index (χ2n) is 7.54. The third-order valence-corrected chi connectivity index (χ3v) is 6.60. The van der Waals surface area contributed by atoms with Gasteiger partial charge in [-0.1, -0.05) is 77.2 Å². The molecule has 2 aliphatic rings. The van der Waals surface area contributed by atoms with Gasteiger partial charge >= 0.3 is 0 Å². The Morgan fingerprint density at radius 3 is 1.25 bits per heavy atom. The summed E-state index contributed by atoms with van der Waals surface area (Å²) in [6.45, 7) is 12.7. The lowest BCUT2D eigenvalue weighted by Gasteiger charge is -2.23. The standard InChI is InChI=1S/C16H22O2S2/c1-15(2,3)11-7-9(13(17)19-11)10-8-12(16(4,5)6)20-14(10)18/h7-8,11-12H,1-6H3/t11-,12-/m0/s1. The zero-order valence-corrected chi connectivity index (χ0v) is 14.6. The summed E-state index contributed by atoms with van der Waals surface area (Å²) >= 11 is 2.69. The van der Waals surface area contributed by atoms with E-state index in [0.29, 0.717) is 11.1 Å². The van der Waals surface area contributed by atoms with E-state index < -0.39 is 0 Å². The molecule has 0 fully saturated rings. The summed E-state index contributed by atoms with van der Waals surface area (Å²) in [5, 5.41) is 0.383. The molecule has 0 saturated carbocycles. The number of hydrogen-bond donors (Lipinski definition) is 0. The van der Waals surface area contributed by atoms with Crippen molar-refractivity contribution in [2.45, 2.75) is 52.0 Å². The van der Waals surface area contributed by atoms with Gasteiger partial charge in [-0.2, -0.15) is 0 Å². The average Bonchev–Trinajstić information content (AvgIpc) is 2.80. The first-order chi connectivity index (χ1) is 9.00. The van der Waals surface area contributed by atoms with Gasteiger partial charge in [0.05, 0.1) is 0 Å². The van der Waals surface area contributed by atoms with E-state index in [1.165, 1.54) is 23.5 Å². The third kappa shape index (κ3) is 3.06. The summed E-state index contributed by atoms with van der Waals surface area (Å²) in [4.78, 5) is 24.4. The number of carbonyl (C=O) groups excluding carboxylic acids is 2. The van der Waals surface area contributed by atoms with Crippen molar-refractivity contribution in [2.75, 3.05) is 0 Å². The van der Waals surface area contributed by atoms with Gasteiger partial charge in [0.2, 0.25) is 10.2 Å². The van der Waals surface area contributed by atoms with E-state index in [1.54, 1.807) is 0 Å². The minimum absolute atomic E-state index is 0.0286. The molecule has 0 spiro atoms. The second-order valence-corrected chi connectivity index (χ2v) is 9.77. The molecule has 0 amide bonds. The molecule has 2 atom stereocenters. The summed E-state index contributed by atoms with van der Waals surface area (Å²) in [6.07, 6.45) is 3.98. The molecule has 2 aliphatic heterocycles. The Kier molecular flexibility index (Phi) is 4.02. The van der Waals surface area contributed by atoms with Crippen LogP contribution in [0, 0.1) is 10.8 Å². The molecule has 20 heavy (non-hydrogen) atoms. The third-order valence-electron chi connectivity index (χ3n) is 3.54. The average molecular weight is 310 g/mol. The molecule has 0 N–H and O–H groups in total. The Balaban J connectivity index is 2.32. The van der Waals surface area contributed by atoms with Gasteiger partial charge in [0.25, 0.3) is 0 Å². The molecule has 110 valence electrons. The molecule has 0 radical (unpaired) electrons. The highest BCUT2D eigenvalue weighted by Crippen LogP contribution is 2.46.